The van der Waals surface area contributed by atoms with Gasteiger partial charge in [0, 0.05) is 11.1 Å². The Hall–Kier alpha value is -1.86. The summed E-state index contributed by atoms with van der Waals surface area (Å²) < 4.78 is 0. The van der Waals surface area contributed by atoms with E-state index in [0.29, 0.717) is 11.1 Å². The molecule has 1 saturated heterocycles. The van der Waals surface area contributed by atoms with E-state index >= 15 is 0 Å². The maximum absolute atomic E-state index is 2.56. The van der Waals surface area contributed by atoms with Gasteiger partial charge < -0.3 is 0 Å². The smallest absolute Gasteiger partial charge is 0.0679 e. The topological polar surface area (TPSA) is 0 Å². The summed E-state index contributed by atoms with van der Waals surface area (Å²) in [5.74, 6) is 0. The molecule has 2 unspecified atom stereocenters. The first-order chi connectivity index (χ1) is 14.9. The average Bonchev–Trinajstić information content (AvgIpc) is 3.16. The van der Waals surface area contributed by atoms with E-state index < -0.39 is 8.07 Å². The SMILES string of the molecule is CC1=Cc2c(cccc2C(C)(C)C)C1[Si]1(C2C(C)=Cc3c2cccc3C(C)(C)C)CCC1. The van der Waals surface area contributed by atoms with Gasteiger partial charge in [0.2, 0.25) is 0 Å². The van der Waals surface area contributed by atoms with Gasteiger partial charge in [-0.15, -0.1) is 0 Å². The van der Waals surface area contributed by atoms with E-state index in [1.165, 1.54) is 29.6 Å². The first-order valence-corrected chi connectivity index (χ1v) is 15.2. The van der Waals surface area contributed by atoms with E-state index in [4.69, 9.17) is 0 Å². The van der Waals surface area contributed by atoms with Gasteiger partial charge in [0.1, 0.15) is 0 Å². The summed E-state index contributed by atoms with van der Waals surface area (Å²) in [5.41, 5.74) is 14.4. The molecule has 0 bridgehead atoms. The summed E-state index contributed by atoms with van der Waals surface area (Å²) in [6.07, 6.45) is 6.55. The molecule has 0 aromatic heterocycles. The summed E-state index contributed by atoms with van der Waals surface area (Å²) in [5, 5.41) is 0. The molecule has 1 fully saturated rings. The molecule has 0 N–H and O–H groups in total. The van der Waals surface area contributed by atoms with E-state index in [1.807, 2.05) is 0 Å². The molecule has 2 aromatic rings. The second-order valence-corrected chi connectivity index (χ2v) is 17.5. The number of allylic oxidation sites excluding steroid dienone is 2. The molecular formula is C31H40Si. The second-order valence-electron chi connectivity index (χ2n) is 12.8. The standard InChI is InChI=1S/C31H40Si/c1-20-18-24-22(12-9-14-26(24)30(3,4)5)28(20)32(16-11-17-32)29-21(2)19-25-23(29)13-10-15-27(25)31(6,7)8/h9-10,12-15,18-19,28-29H,11,16-17H2,1-8H3. The molecule has 5 rings (SSSR count). The first-order valence-electron chi connectivity index (χ1n) is 12.6. The summed E-state index contributed by atoms with van der Waals surface area (Å²) in [6, 6.07) is 17.3. The van der Waals surface area contributed by atoms with Crippen molar-refractivity contribution in [3.8, 4) is 0 Å². The van der Waals surface area contributed by atoms with Crippen LogP contribution in [0.3, 0.4) is 0 Å². The quantitative estimate of drug-likeness (QED) is 0.409. The zero-order valence-corrected chi connectivity index (χ0v) is 22.4. The third-order valence-electron chi connectivity index (χ3n) is 8.61. The van der Waals surface area contributed by atoms with Crippen LogP contribution in [0.15, 0.2) is 47.5 Å². The maximum atomic E-state index is 2.56. The van der Waals surface area contributed by atoms with Crippen molar-refractivity contribution in [3.05, 3.63) is 80.9 Å². The van der Waals surface area contributed by atoms with E-state index in [2.05, 4.69) is 104 Å². The van der Waals surface area contributed by atoms with Gasteiger partial charge in [-0.1, -0.05) is 120 Å². The number of hydrogen-bond acceptors (Lipinski definition) is 0. The third kappa shape index (κ3) is 3.07. The number of benzene rings is 2. The van der Waals surface area contributed by atoms with E-state index in [9.17, 15) is 0 Å². The van der Waals surface area contributed by atoms with Gasteiger partial charge in [-0.2, -0.15) is 0 Å². The molecule has 1 heteroatoms. The molecule has 0 amide bonds. The largest absolute Gasteiger partial charge is 0.0781 e. The molecule has 0 nitrogen and oxygen atoms in total. The van der Waals surface area contributed by atoms with Crippen molar-refractivity contribution >= 4 is 20.2 Å². The summed E-state index contributed by atoms with van der Waals surface area (Å²) in [7, 11) is -1.61. The van der Waals surface area contributed by atoms with Gasteiger partial charge in [0.15, 0.2) is 0 Å². The lowest BCUT2D eigenvalue weighted by molar-refractivity contribution is 0.588. The van der Waals surface area contributed by atoms with E-state index in [-0.39, 0.29) is 10.8 Å². The Labute approximate surface area is 196 Å². The molecule has 0 radical (unpaired) electrons. The van der Waals surface area contributed by atoms with Crippen LogP contribution in [0, 0.1) is 0 Å². The third-order valence-corrected chi connectivity index (χ3v) is 15.0. The molecule has 32 heavy (non-hydrogen) atoms. The number of fused-ring (bicyclic) bond motifs is 2. The molecule has 2 aromatic carbocycles. The van der Waals surface area contributed by atoms with Crippen molar-refractivity contribution in [1.29, 1.82) is 0 Å². The predicted octanol–water partition coefficient (Wildman–Crippen LogP) is 8.91. The monoisotopic (exact) mass is 440 g/mol. The predicted molar refractivity (Wildman–Crippen MR) is 143 cm³/mol. The van der Waals surface area contributed by atoms with Crippen LogP contribution >= 0.6 is 0 Å². The minimum atomic E-state index is -1.61. The van der Waals surface area contributed by atoms with Crippen LogP contribution in [-0.4, -0.2) is 8.07 Å². The van der Waals surface area contributed by atoms with Crippen LogP contribution in [-0.2, 0) is 10.8 Å². The van der Waals surface area contributed by atoms with Crippen molar-refractivity contribution in [3.63, 3.8) is 0 Å². The van der Waals surface area contributed by atoms with Crippen LogP contribution < -0.4 is 0 Å². The molecule has 168 valence electrons. The lowest BCUT2D eigenvalue weighted by atomic mass is 9.83. The van der Waals surface area contributed by atoms with Crippen LogP contribution in [0.4, 0.5) is 0 Å². The first kappa shape index (κ1) is 22.0. The van der Waals surface area contributed by atoms with Crippen molar-refractivity contribution in [2.45, 2.75) is 95.8 Å². The highest BCUT2D eigenvalue weighted by Crippen LogP contribution is 2.61. The highest BCUT2D eigenvalue weighted by molar-refractivity contribution is 6.86. The fourth-order valence-corrected chi connectivity index (χ4v) is 13.6. The molecule has 0 spiro atoms. The lowest BCUT2D eigenvalue weighted by Crippen LogP contribution is -2.53. The normalized spacial score (nSPS) is 23.9. The fraction of sp³-hybridized carbons (Fsp3) is 0.484. The minimum Gasteiger partial charge on any atom is -0.0679 e. The molecule has 1 heterocycles. The van der Waals surface area contributed by atoms with Crippen LogP contribution in [0.1, 0.15) is 106 Å². The Kier molecular flexibility index (Phi) is 4.85. The summed E-state index contributed by atoms with van der Waals surface area (Å²) >= 11 is 0. The Morgan fingerprint density at radius 1 is 0.656 bits per heavy atom. The molecule has 0 saturated carbocycles. The molecule has 2 atom stereocenters. The fourth-order valence-electron chi connectivity index (χ4n) is 7.27. The van der Waals surface area contributed by atoms with Crippen molar-refractivity contribution in [1.82, 2.24) is 0 Å². The summed E-state index contributed by atoms with van der Waals surface area (Å²) in [4.78, 5) is 0. The zero-order valence-electron chi connectivity index (χ0n) is 21.4. The summed E-state index contributed by atoms with van der Waals surface area (Å²) in [6.45, 7) is 19.1. The van der Waals surface area contributed by atoms with Crippen LogP contribution in [0.2, 0.25) is 12.1 Å². The number of hydrogen-bond donors (Lipinski definition) is 0. The average molecular weight is 441 g/mol. The van der Waals surface area contributed by atoms with Crippen LogP contribution in [0.5, 0.6) is 0 Å². The lowest BCUT2D eigenvalue weighted by Gasteiger charge is -2.51. The van der Waals surface area contributed by atoms with Gasteiger partial charge in [0.05, 0.1) is 8.07 Å². The second kappa shape index (κ2) is 7.07. The minimum absolute atomic E-state index is 0.183. The molecular weight excluding hydrogens is 400 g/mol. The molecule has 1 aliphatic heterocycles. The Morgan fingerprint density at radius 3 is 1.38 bits per heavy atom. The Balaban J connectivity index is 1.67. The van der Waals surface area contributed by atoms with Gasteiger partial charge in [0.25, 0.3) is 0 Å². The Bertz CT molecular complexity index is 1050. The zero-order chi connectivity index (χ0) is 23.1. The van der Waals surface area contributed by atoms with E-state index in [1.54, 1.807) is 33.4 Å². The van der Waals surface area contributed by atoms with Crippen molar-refractivity contribution in [2.24, 2.45) is 0 Å². The van der Waals surface area contributed by atoms with Gasteiger partial charge in [-0.3, -0.25) is 0 Å². The van der Waals surface area contributed by atoms with Crippen LogP contribution in [0.25, 0.3) is 12.2 Å². The molecule has 3 aliphatic rings. The highest BCUT2D eigenvalue weighted by atomic mass is 28.3. The maximum Gasteiger partial charge on any atom is 0.0781 e. The Morgan fingerprint density at radius 2 is 1.06 bits per heavy atom. The highest BCUT2D eigenvalue weighted by Gasteiger charge is 2.56. The molecule has 2 aliphatic carbocycles. The van der Waals surface area contributed by atoms with Gasteiger partial charge in [-0.05, 0) is 58.1 Å². The van der Waals surface area contributed by atoms with Gasteiger partial charge in [-0.25, -0.2) is 0 Å². The van der Waals surface area contributed by atoms with Gasteiger partial charge >= 0.3 is 0 Å². The van der Waals surface area contributed by atoms with Crippen molar-refractivity contribution < 1.29 is 0 Å². The van der Waals surface area contributed by atoms with E-state index in [0.717, 1.165) is 0 Å². The van der Waals surface area contributed by atoms with Crippen molar-refractivity contribution in [2.75, 3.05) is 0 Å². The number of rotatable bonds is 2.